The third-order valence-corrected chi connectivity index (χ3v) is 11.1. The Bertz CT molecular complexity index is 2410. The fourth-order valence-electron chi connectivity index (χ4n) is 7.47. The molecule has 2 aliphatic rings. The number of hydrogen-bond donors (Lipinski definition) is 2. The lowest BCUT2D eigenvalue weighted by atomic mass is 9.88. The maximum absolute atomic E-state index is 15.7. The standard InChI is InChI=1S/C39H35ClF2N6O4S/c1-18(2)12-26-31(36(43)49)33(32(38-48-47-19(3)52-38)27(45-26)13-21-17-51-29-15-22(40)8-9-23(21)29)30-14-20-10-11-44-37(34(20)53-30)46-35-24-6-5-7-28(50-4)25(24)16-39(35,41)42/h5-11,14-15,18,21,35H,12-13,16-17H2,1-4H3,(H2,43,49)(H,44,46). The van der Waals surface area contributed by atoms with E-state index in [1.165, 1.54) is 18.4 Å². The van der Waals surface area contributed by atoms with Crippen molar-refractivity contribution in [3.05, 3.63) is 99.3 Å². The highest BCUT2D eigenvalue weighted by Gasteiger charge is 2.49. The number of ether oxygens (including phenoxy) is 2. The van der Waals surface area contributed by atoms with Gasteiger partial charge in [-0.15, -0.1) is 21.5 Å². The van der Waals surface area contributed by atoms with Crippen molar-refractivity contribution in [2.45, 2.75) is 57.9 Å². The number of nitrogens with one attached hydrogen (secondary N) is 1. The van der Waals surface area contributed by atoms with Crippen molar-refractivity contribution in [3.63, 3.8) is 0 Å². The summed E-state index contributed by atoms with van der Waals surface area (Å²) in [5.41, 5.74) is 10.5. The number of anilines is 1. The molecule has 53 heavy (non-hydrogen) atoms. The highest BCUT2D eigenvalue weighted by Crippen LogP contribution is 2.50. The lowest BCUT2D eigenvalue weighted by molar-refractivity contribution is -0.00734. The Labute approximate surface area is 312 Å². The van der Waals surface area contributed by atoms with Crippen molar-refractivity contribution >= 4 is 44.7 Å². The molecule has 2 atom stereocenters. The number of pyridine rings is 2. The van der Waals surface area contributed by atoms with E-state index in [2.05, 4.69) is 20.5 Å². The fraction of sp³-hybridized carbons (Fsp3) is 0.308. The maximum Gasteiger partial charge on any atom is 0.276 e. The minimum absolute atomic E-state index is 0.0892. The van der Waals surface area contributed by atoms with Crippen LogP contribution in [0.5, 0.6) is 11.5 Å². The van der Waals surface area contributed by atoms with Gasteiger partial charge in [0.05, 0.1) is 40.9 Å². The van der Waals surface area contributed by atoms with E-state index in [4.69, 9.17) is 36.2 Å². The van der Waals surface area contributed by atoms with Gasteiger partial charge in [-0.05, 0) is 53.6 Å². The number of carbonyl (C=O) groups is 1. The summed E-state index contributed by atoms with van der Waals surface area (Å²) in [5.74, 6) is -1.82. The molecular formula is C39H35ClF2N6O4S. The van der Waals surface area contributed by atoms with Gasteiger partial charge in [0.2, 0.25) is 11.8 Å². The van der Waals surface area contributed by atoms with Crippen molar-refractivity contribution in [1.82, 2.24) is 20.2 Å². The van der Waals surface area contributed by atoms with Gasteiger partial charge in [0.15, 0.2) is 0 Å². The third kappa shape index (κ3) is 6.25. The van der Waals surface area contributed by atoms with E-state index >= 15 is 8.78 Å². The number of nitrogens with zero attached hydrogens (tertiary/aromatic N) is 4. The number of aromatic nitrogens is 4. The van der Waals surface area contributed by atoms with E-state index in [9.17, 15) is 4.79 Å². The van der Waals surface area contributed by atoms with E-state index in [0.717, 1.165) is 10.9 Å². The number of alkyl halides is 2. The summed E-state index contributed by atoms with van der Waals surface area (Å²) in [5, 5.41) is 12.9. The number of halogens is 3. The third-order valence-electron chi connectivity index (χ3n) is 9.73. The van der Waals surface area contributed by atoms with Crippen LogP contribution < -0.4 is 20.5 Å². The van der Waals surface area contributed by atoms with E-state index < -0.39 is 24.3 Å². The summed E-state index contributed by atoms with van der Waals surface area (Å²) >= 11 is 7.58. The Morgan fingerprint density at radius 3 is 2.70 bits per heavy atom. The normalized spacial score (nSPS) is 17.2. The molecule has 1 amide bonds. The predicted octanol–water partition coefficient (Wildman–Crippen LogP) is 8.74. The summed E-state index contributed by atoms with van der Waals surface area (Å²) in [6, 6.07) is 13.0. The average Bonchev–Trinajstić information content (AvgIpc) is 3.89. The van der Waals surface area contributed by atoms with E-state index in [1.807, 2.05) is 32.0 Å². The number of rotatable bonds is 10. The van der Waals surface area contributed by atoms with Gasteiger partial charge < -0.3 is 24.9 Å². The zero-order valence-electron chi connectivity index (χ0n) is 29.3. The van der Waals surface area contributed by atoms with Crippen LogP contribution in [0.1, 0.15) is 70.1 Å². The molecule has 0 spiro atoms. The molecule has 2 aromatic carbocycles. The topological polar surface area (TPSA) is 138 Å². The molecule has 0 saturated heterocycles. The molecular weight excluding hydrogens is 722 g/mol. The van der Waals surface area contributed by atoms with Gasteiger partial charge in [-0.3, -0.25) is 9.78 Å². The number of thiophene rings is 1. The molecule has 10 nitrogen and oxygen atoms in total. The Kier molecular flexibility index (Phi) is 8.81. The van der Waals surface area contributed by atoms with Crippen molar-refractivity contribution in [3.8, 4) is 33.4 Å². The molecule has 4 aromatic heterocycles. The van der Waals surface area contributed by atoms with Crippen LogP contribution in [0.4, 0.5) is 14.6 Å². The monoisotopic (exact) mass is 756 g/mol. The summed E-state index contributed by atoms with van der Waals surface area (Å²) in [7, 11) is 1.47. The minimum atomic E-state index is -3.11. The first-order valence-corrected chi connectivity index (χ1v) is 18.4. The lowest BCUT2D eigenvalue weighted by Gasteiger charge is -2.22. The first kappa shape index (κ1) is 34.9. The van der Waals surface area contributed by atoms with Gasteiger partial charge >= 0.3 is 0 Å². The molecule has 8 rings (SSSR count). The molecule has 6 aromatic rings. The van der Waals surface area contributed by atoms with Gasteiger partial charge in [-0.25, -0.2) is 13.8 Å². The number of carbonyl (C=O) groups excluding carboxylic acids is 1. The summed E-state index contributed by atoms with van der Waals surface area (Å²) < 4.78 is 49.5. The van der Waals surface area contributed by atoms with E-state index in [-0.39, 0.29) is 29.1 Å². The van der Waals surface area contributed by atoms with Crippen molar-refractivity contribution in [1.29, 1.82) is 0 Å². The van der Waals surface area contributed by atoms with Gasteiger partial charge in [0.25, 0.3) is 11.8 Å². The summed E-state index contributed by atoms with van der Waals surface area (Å²) in [4.78, 5) is 23.9. The molecule has 272 valence electrons. The molecule has 1 aliphatic heterocycles. The number of nitrogens with two attached hydrogens (primary N) is 1. The van der Waals surface area contributed by atoms with Crippen LogP contribution in [0.15, 0.2) is 59.1 Å². The first-order valence-electron chi connectivity index (χ1n) is 17.2. The number of benzene rings is 2. The summed E-state index contributed by atoms with van der Waals surface area (Å²) in [6.45, 7) is 6.17. The van der Waals surface area contributed by atoms with E-state index in [0.29, 0.717) is 85.1 Å². The number of aryl methyl sites for hydroxylation is 1. The van der Waals surface area contributed by atoms with Crippen molar-refractivity contribution in [2.24, 2.45) is 11.7 Å². The molecule has 0 radical (unpaired) electrons. The number of hydrogen-bond acceptors (Lipinski definition) is 10. The highest BCUT2D eigenvalue weighted by molar-refractivity contribution is 7.23. The zero-order chi connectivity index (χ0) is 37.2. The molecule has 0 bridgehead atoms. The fourth-order valence-corrected chi connectivity index (χ4v) is 8.80. The Morgan fingerprint density at radius 2 is 1.96 bits per heavy atom. The Balaban J connectivity index is 1.32. The van der Waals surface area contributed by atoms with Crippen LogP contribution in [0, 0.1) is 12.8 Å². The minimum Gasteiger partial charge on any atom is -0.496 e. The molecule has 5 heterocycles. The number of amides is 1. The highest BCUT2D eigenvalue weighted by atomic mass is 35.5. The van der Waals surface area contributed by atoms with Gasteiger partial charge in [-0.2, -0.15) is 0 Å². The molecule has 0 saturated carbocycles. The van der Waals surface area contributed by atoms with Crippen LogP contribution in [0.3, 0.4) is 0 Å². The predicted molar refractivity (Wildman–Crippen MR) is 199 cm³/mol. The van der Waals surface area contributed by atoms with Gasteiger partial charge in [0.1, 0.15) is 23.4 Å². The largest absolute Gasteiger partial charge is 0.496 e. The molecule has 0 fully saturated rings. The second kappa shape index (κ2) is 13.4. The van der Waals surface area contributed by atoms with Crippen molar-refractivity contribution < 1.29 is 27.5 Å². The molecule has 14 heteroatoms. The Morgan fingerprint density at radius 1 is 1.13 bits per heavy atom. The SMILES string of the molecule is COc1cccc2c1CC(F)(F)C2Nc1nccc2cc(-c3c(C(N)=O)c(CC(C)C)nc(CC4COc5cc(Cl)ccc54)c3-c3nnc(C)o3)sc12. The second-order valence-corrected chi connectivity index (χ2v) is 15.3. The average molecular weight is 757 g/mol. The number of primary amides is 1. The first-order chi connectivity index (χ1) is 25.4. The van der Waals surface area contributed by atoms with Crippen LogP contribution in [-0.2, 0) is 19.3 Å². The second-order valence-electron chi connectivity index (χ2n) is 13.8. The Hall–Kier alpha value is -5.14. The van der Waals surface area contributed by atoms with Crippen LogP contribution in [0.25, 0.3) is 32.0 Å². The number of methoxy groups -OCH3 is 1. The maximum atomic E-state index is 15.7. The van der Waals surface area contributed by atoms with Gasteiger partial charge in [0, 0.05) is 58.5 Å². The molecule has 3 N–H and O–H groups in total. The van der Waals surface area contributed by atoms with E-state index in [1.54, 1.807) is 43.5 Å². The van der Waals surface area contributed by atoms with Crippen molar-refractivity contribution in [2.75, 3.05) is 19.0 Å². The summed E-state index contributed by atoms with van der Waals surface area (Å²) in [6.07, 6.45) is 1.99. The lowest BCUT2D eigenvalue weighted by Crippen LogP contribution is -2.28. The molecule has 1 aliphatic carbocycles. The number of fused-ring (bicyclic) bond motifs is 3. The van der Waals surface area contributed by atoms with Gasteiger partial charge in [-0.1, -0.05) is 43.6 Å². The quantitative estimate of drug-likeness (QED) is 0.141. The van der Waals surface area contributed by atoms with Crippen LogP contribution in [0.2, 0.25) is 5.02 Å². The van der Waals surface area contributed by atoms with Crippen LogP contribution in [-0.4, -0.2) is 45.7 Å². The molecule has 2 unspecified atom stereocenters. The zero-order valence-corrected chi connectivity index (χ0v) is 30.9. The van der Waals surface area contributed by atoms with Crippen LogP contribution >= 0.6 is 22.9 Å². The smallest absolute Gasteiger partial charge is 0.276 e.